The van der Waals surface area contributed by atoms with E-state index in [1.54, 1.807) is 0 Å². The summed E-state index contributed by atoms with van der Waals surface area (Å²) in [6, 6.07) is 0.391. The smallest absolute Gasteiger partial charge is 0.221 e. The molecule has 0 aromatic carbocycles. The number of carbonyl (C=O) groups is 1. The highest BCUT2D eigenvalue weighted by molar-refractivity contribution is 5.80. The fraction of sp³-hybridized carbons (Fsp3) is 0.500. The molecule has 2 heteroatoms. The number of hydrogen-bond donors (Lipinski definition) is 1. The first-order valence-corrected chi connectivity index (χ1v) is 2.84. The summed E-state index contributed by atoms with van der Waals surface area (Å²) in [5.41, 5.74) is 0. The zero-order valence-corrected chi connectivity index (χ0v) is 4.42. The summed E-state index contributed by atoms with van der Waals surface area (Å²) < 4.78 is 0. The van der Waals surface area contributed by atoms with Gasteiger partial charge in [0.15, 0.2) is 0 Å². The van der Waals surface area contributed by atoms with Gasteiger partial charge < -0.3 is 5.32 Å². The van der Waals surface area contributed by atoms with Crippen molar-refractivity contribution in [3.05, 3.63) is 12.2 Å². The Morgan fingerprint density at radius 3 is 2.75 bits per heavy atom. The average molecular weight is 109 g/mol. The van der Waals surface area contributed by atoms with Crippen molar-refractivity contribution in [3.63, 3.8) is 0 Å². The lowest BCUT2D eigenvalue weighted by molar-refractivity contribution is -0.119. The molecule has 0 aromatic heterocycles. The van der Waals surface area contributed by atoms with Crippen molar-refractivity contribution >= 4 is 5.91 Å². The molecule has 1 heterocycles. The Labute approximate surface area is 47.6 Å². The van der Waals surface area contributed by atoms with E-state index in [4.69, 9.17) is 0 Å². The third-order valence-electron chi connectivity index (χ3n) is 1.78. The van der Waals surface area contributed by atoms with Crippen LogP contribution in [-0.2, 0) is 4.79 Å². The highest BCUT2D eigenvalue weighted by atomic mass is 16.2. The first-order chi connectivity index (χ1) is 3.86. The van der Waals surface area contributed by atoms with Gasteiger partial charge in [0.2, 0.25) is 5.91 Å². The van der Waals surface area contributed by atoms with E-state index >= 15 is 0 Å². The van der Waals surface area contributed by atoms with Gasteiger partial charge >= 0.3 is 0 Å². The van der Waals surface area contributed by atoms with E-state index in [2.05, 4.69) is 11.4 Å². The van der Waals surface area contributed by atoms with Crippen LogP contribution in [0.3, 0.4) is 0 Å². The van der Waals surface area contributed by atoms with Gasteiger partial charge in [-0.3, -0.25) is 4.79 Å². The molecule has 2 aliphatic rings. The predicted molar refractivity (Wildman–Crippen MR) is 29.2 cm³/mol. The van der Waals surface area contributed by atoms with Crippen LogP contribution in [0.2, 0.25) is 0 Å². The number of rotatable bonds is 0. The Morgan fingerprint density at radius 2 is 2.50 bits per heavy atom. The number of carbonyl (C=O) groups excluding carboxylic acids is 1. The maximum atomic E-state index is 10.6. The summed E-state index contributed by atoms with van der Waals surface area (Å²) in [6.07, 6.45) is 4.83. The van der Waals surface area contributed by atoms with E-state index in [1.807, 2.05) is 6.08 Å². The molecule has 42 valence electrons. The van der Waals surface area contributed by atoms with E-state index in [0.29, 0.717) is 18.4 Å². The molecule has 2 rings (SSSR count). The third kappa shape index (κ3) is 0.351. The standard InChI is InChI=1S/C6H7NO/c8-6-3-4-1-2-5(4)7-6/h1-2,4-5H,3H2,(H,7,8)/t4-,5-/m0/s1. The summed E-state index contributed by atoms with van der Waals surface area (Å²) in [4.78, 5) is 10.6. The Hall–Kier alpha value is -0.790. The van der Waals surface area contributed by atoms with Gasteiger partial charge in [-0.25, -0.2) is 0 Å². The van der Waals surface area contributed by atoms with E-state index in [9.17, 15) is 4.79 Å². The first kappa shape index (κ1) is 4.13. The van der Waals surface area contributed by atoms with Gasteiger partial charge in [-0.15, -0.1) is 0 Å². The summed E-state index contributed by atoms with van der Waals surface area (Å²) in [5, 5.41) is 2.83. The van der Waals surface area contributed by atoms with E-state index in [1.165, 1.54) is 0 Å². The zero-order chi connectivity index (χ0) is 5.56. The molecule has 8 heavy (non-hydrogen) atoms. The zero-order valence-electron chi connectivity index (χ0n) is 4.42. The van der Waals surface area contributed by atoms with E-state index < -0.39 is 0 Å². The van der Waals surface area contributed by atoms with Crippen LogP contribution in [0.5, 0.6) is 0 Å². The van der Waals surface area contributed by atoms with Crippen LogP contribution < -0.4 is 5.32 Å². The Morgan fingerprint density at radius 1 is 1.62 bits per heavy atom. The average Bonchev–Trinajstić information content (AvgIpc) is 1.91. The van der Waals surface area contributed by atoms with Crippen molar-refractivity contribution in [1.82, 2.24) is 5.32 Å². The SMILES string of the molecule is O=C1C[C@@H]2C=C[C@@H]2N1. The summed E-state index contributed by atoms with van der Waals surface area (Å²) in [7, 11) is 0. The minimum atomic E-state index is 0.199. The van der Waals surface area contributed by atoms with Crippen molar-refractivity contribution in [2.24, 2.45) is 5.92 Å². The molecule has 1 aliphatic carbocycles. The lowest BCUT2D eigenvalue weighted by Gasteiger charge is -2.18. The first-order valence-electron chi connectivity index (χ1n) is 2.84. The van der Waals surface area contributed by atoms with Crippen LogP contribution in [0, 0.1) is 5.92 Å². The van der Waals surface area contributed by atoms with Gasteiger partial charge in [-0.1, -0.05) is 12.2 Å². The fourth-order valence-electron chi connectivity index (χ4n) is 1.19. The summed E-state index contributed by atoms with van der Waals surface area (Å²) >= 11 is 0. The lowest BCUT2D eigenvalue weighted by atomic mass is 9.90. The Kier molecular flexibility index (Phi) is 0.583. The van der Waals surface area contributed by atoms with Gasteiger partial charge in [-0.2, -0.15) is 0 Å². The molecule has 1 N–H and O–H groups in total. The van der Waals surface area contributed by atoms with Crippen molar-refractivity contribution < 1.29 is 4.79 Å². The molecule has 0 saturated carbocycles. The van der Waals surface area contributed by atoms with E-state index in [-0.39, 0.29) is 5.91 Å². The number of amides is 1. The molecule has 0 radical (unpaired) electrons. The van der Waals surface area contributed by atoms with Crippen LogP contribution >= 0.6 is 0 Å². The minimum absolute atomic E-state index is 0.199. The van der Waals surface area contributed by atoms with Gasteiger partial charge in [-0.05, 0) is 0 Å². The Bertz CT molecular complexity index is 146. The lowest BCUT2D eigenvalue weighted by Crippen LogP contribution is -2.30. The maximum Gasteiger partial charge on any atom is 0.221 e. The van der Waals surface area contributed by atoms with Gasteiger partial charge in [0.1, 0.15) is 0 Å². The molecular formula is C6H7NO. The van der Waals surface area contributed by atoms with Gasteiger partial charge in [0.05, 0.1) is 6.04 Å². The molecule has 1 fully saturated rings. The van der Waals surface area contributed by atoms with Gasteiger partial charge in [0.25, 0.3) is 0 Å². The van der Waals surface area contributed by atoms with Crippen LogP contribution in [0.15, 0.2) is 12.2 Å². The van der Waals surface area contributed by atoms with Crippen LogP contribution in [-0.4, -0.2) is 11.9 Å². The second-order valence-electron chi connectivity index (χ2n) is 2.35. The molecule has 2 nitrogen and oxygen atoms in total. The predicted octanol–water partition coefficient (Wildman–Crippen LogP) is 0.0609. The fourth-order valence-corrected chi connectivity index (χ4v) is 1.19. The number of nitrogens with one attached hydrogen (secondary N) is 1. The second kappa shape index (κ2) is 1.13. The number of hydrogen-bond acceptors (Lipinski definition) is 1. The monoisotopic (exact) mass is 109 g/mol. The normalized spacial score (nSPS) is 40.8. The van der Waals surface area contributed by atoms with Crippen molar-refractivity contribution in [2.45, 2.75) is 12.5 Å². The Balaban J connectivity index is 2.20. The molecular weight excluding hydrogens is 102 g/mol. The van der Waals surface area contributed by atoms with Gasteiger partial charge in [0, 0.05) is 12.3 Å². The molecule has 0 aromatic rings. The molecule has 0 unspecified atom stereocenters. The summed E-state index contributed by atoms with van der Waals surface area (Å²) in [6.45, 7) is 0. The highest BCUT2D eigenvalue weighted by Gasteiger charge is 2.33. The minimum Gasteiger partial charge on any atom is -0.349 e. The molecule has 1 aliphatic heterocycles. The second-order valence-corrected chi connectivity index (χ2v) is 2.35. The van der Waals surface area contributed by atoms with Crippen LogP contribution in [0.1, 0.15) is 6.42 Å². The topological polar surface area (TPSA) is 29.1 Å². The quantitative estimate of drug-likeness (QED) is 0.438. The van der Waals surface area contributed by atoms with E-state index in [0.717, 1.165) is 0 Å². The van der Waals surface area contributed by atoms with Crippen LogP contribution in [0.4, 0.5) is 0 Å². The molecule has 0 spiro atoms. The molecule has 2 atom stereocenters. The maximum absolute atomic E-state index is 10.6. The van der Waals surface area contributed by atoms with Crippen molar-refractivity contribution in [2.75, 3.05) is 0 Å². The highest BCUT2D eigenvalue weighted by Crippen LogP contribution is 2.26. The van der Waals surface area contributed by atoms with Crippen molar-refractivity contribution in [3.8, 4) is 0 Å². The molecule has 1 saturated heterocycles. The number of fused-ring (bicyclic) bond motifs is 1. The third-order valence-corrected chi connectivity index (χ3v) is 1.78. The van der Waals surface area contributed by atoms with Crippen molar-refractivity contribution in [1.29, 1.82) is 0 Å². The summed E-state index contributed by atoms with van der Waals surface area (Å²) in [5.74, 6) is 0.729. The molecule has 1 amide bonds. The molecule has 0 bridgehead atoms. The largest absolute Gasteiger partial charge is 0.349 e. The van der Waals surface area contributed by atoms with Crippen LogP contribution in [0.25, 0.3) is 0 Å².